The molecular formula is C22H26N6O3. The van der Waals surface area contributed by atoms with Gasteiger partial charge >= 0.3 is 6.09 Å². The highest BCUT2D eigenvalue weighted by Crippen LogP contribution is 2.23. The zero-order valence-corrected chi connectivity index (χ0v) is 18.0. The van der Waals surface area contributed by atoms with Crippen molar-refractivity contribution in [2.75, 3.05) is 19.6 Å². The second-order valence-electron chi connectivity index (χ2n) is 7.60. The van der Waals surface area contributed by atoms with Crippen LogP contribution in [0, 0.1) is 6.92 Å². The number of carbonyl (C=O) groups is 2. The van der Waals surface area contributed by atoms with Crippen LogP contribution < -0.4 is 10.1 Å². The lowest BCUT2D eigenvalue weighted by Crippen LogP contribution is -2.42. The van der Waals surface area contributed by atoms with Gasteiger partial charge in [0.25, 0.3) is 5.91 Å². The molecule has 1 aliphatic rings. The fraction of sp³-hybridized carbons (Fsp3) is 0.364. The molecule has 0 spiro atoms. The van der Waals surface area contributed by atoms with E-state index in [1.54, 1.807) is 23.4 Å². The molecule has 1 fully saturated rings. The average Bonchev–Trinajstić information content (AvgIpc) is 3.22. The first-order valence-corrected chi connectivity index (χ1v) is 10.3. The van der Waals surface area contributed by atoms with Gasteiger partial charge in [0.2, 0.25) is 5.88 Å². The Kier molecular flexibility index (Phi) is 5.75. The highest BCUT2D eigenvalue weighted by atomic mass is 16.6. The first-order valence-electron chi connectivity index (χ1n) is 10.3. The Bertz CT molecular complexity index is 1100. The number of hydrogen-bond acceptors (Lipinski definition) is 5. The third-order valence-corrected chi connectivity index (χ3v) is 5.46. The number of benzene rings is 1. The predicted octanol–water partition coefficient (Wildman–Crippen LogP) is 2.31. The van der Waals surface area contributed by atoms with E-state index < -0.39 is 6.09 Å². The van der Waals surface area contributed by atoms with E-state index in [0.29, 0.717) is 31.9 Å². The first kappa shape index (κ1) is 20.6. The third-order valence-electron chi connectivity index (χ3n) is 5.46. The minimum atomic E-state index is -0.627. The minimum Gasteiger partial charge on any atom is -0.390 e. The summed E-state index contributed by atoms with van der Waals surface area (Å²) < 4.78 is 9.01. The summed E-state index contributed by atoms with van der Waals surface area (Å²) in [6, 6.07) is 9.94. The summed E-state index contributed by atoms with van der Waals surface area (Å²) in [5.74, 6) is 1.41. The van der Waals surface area contributed by atoms with Crippen molar-refractivity contribution in [1.29, 1.82) is 0 Å². The lowest BCUT2D eigenvalue weighted by molar-refractivity contribution is 0.0642. The Morgan fingerprint density at radius 1 is 1.13 bits per heavy atom. The van der Waals surface area contributed by atoms with Crippen LogP contribution >= 0.6 is 0 Å². The molecule has 2 aromatic heterocycles. The maximum absolute atomic E-state index is 12.6. The average molecular weight is 422 g/mol. The Labute approximate surface area is 180 Å². The van der Waals surface area contributed by atoms with E-state index in [1.807, 2.05) is 48.1 Å². The maximum atomic E-state index is 12.6. The molecule has 1 N–H and O–H groups in total. The van der Waals surface area contributed by atoms with Crippen molar-refractivity contribution in [2.45, 2.75) is 19.8 Å². The third kappa shape index (κ3) is 4.30. The second-order valence-corrected chi connectivity index (χ2v) is 7.60. The quantitative estimate of drug-likeness (QED) is 0.658. The molecule has 9 heteroatoms. The van der Waals surface area contributed by atoms with Crippen molar-refractivity contribution in [2.24, 2.45) is 14.1 Å². The lowest BCUT2D eigenvalue weighted by Gasteiger charge is -2.30. The molecule has 2 amide bonds. The smallest absolute Gasteiger partial charge is 0.390 e. The number of ether oxygens (including phenoxy) is 1. The molecular weight excluding hydrogens is 396 g/mol. The zero-order chi connectivity index (χ0) is 22.0. The molecule has 1 aromatic carbocycles. The van der Waals surface area contributed by atoms with Crippen molar-refractivity contribution in [3.8, 4) is 17.1 Å². The van der Waals surface area contributed by atoms with Gasteiger partial charge in [0.05, 0.1) is 5.69 Å². The Morgan fingerprint density at radius 3 is 2.55 bits per heavy atom. The standard InChI is InChI=1S/C22H26N6O3/c1-15-24-19(20(29)28-12-7-13-28)21(27(15)3)31-22(30)23-11-10-18-25-17(14-26(18)2)16-8-5-4-6-9-16/h4-6,8-9,14H,7,10-13H2,1-3H3,(H,23,30). The van der Waals surface area contributed by atoms with Crippen LogP contribution in [0.1, 0.15) is 28.6 Å². The summed E-state index contributed by atoms with van der Waals surface area (Å²) in [5, 5.41) is 2.74. The number of nitrogens with one attached hydrogen (secondary N) is 1. The molecule has 1 saturated heterocycles. The van der Waals surface area contributed by atoms with Crippen LogP contribution in [0.5, 0.6) is 5.88 Å². The first-order chi connectivity index (χ1) is 14.9. The van der Waals surface area contributed by atoms with Crippen molar-refractivity contribution < 1.29 is 14.3 Å². The molecule has 0 radical (unpaired) electrons. The van der Waals surface area contributed by atoms with Crippen molar-refractivity contribution in [3.05, 3.63) is 53.9 Å². The van der Waals surface area contributed by atoms with E-state index in [-0.39, 0.29) is 17.5 Å². The number of rotatable bonds is 6. The van der Waals surface area contributed by atoms with Crippen LogP contribution in [0.3, 0.4) is 0 Å². The molecule has 162 valence electrons. The number of amides is 2. The lowest BCUT2D eigenvalue weighted by atomic mass is 10.2. The van der Waals surface area contributed by atoms with Crippen molar-refractivity contribution >= 4 is 12.0 Å². The summed E-state index contributed by atoms with van der Waals surface area (Å²) >= 11 is 0. The maximum Gasteiger partial charge on any atom is 0.413 e. The molecule has 0 aliphatic carbocycles. The fourth-order valence-electron chi connectivity index (χ4n) is 3.40. The highest BCUT2D eigenvalue weighted by Gasteiger charge is 2.29. The zero-order valence-electron chi connectivity index (χ0n) is 18.0. The molecule has 9 nitrogen and oxygen atoms in total. The number of nitrogens with zero attached hydrogens (tertiary/aromatic N) is 5. The molecule has 0 atom stereocenters. The largest absolute Gasteiger partial charge is 0.413 e. The van der Waals surface area contributed by atoms with Gasteiger partial charge in [0.15, 0.2) is 5.69 Å². The number of carbonyl (C=O) groups excluding carboxylic acids is 2. The van der Waals surface area contributed by atoms with Gasteiger partial charge in [-0.2, -0.15) is 0 Å². The Balaban J connectivity index is 1.36. The number of likely N-dealkylation sites (tertiary alicyclic amines) is 1. The molecule has 4 rings (SSSR count). The van der Waals surface area contributed by atoms with E-state index in [4.69, 9.17) is 4.74 Å². The molecule has 3 heterocycles. The van der Waals surface area contributed by atoms with Gasteiger partial charge < -0.3 is 24.1 Å². The molecule has 31 heavy (non-hydrogen) atoms. The molecule has 1 aliphatic heterocycles. The summed E-state index contributed by atoms with van der Waals surface area (Å²) in [7, 11) is 3.65. The van der Waals surface area contributed by atoms with Crippen molar-refractivity contribution in [3.63, 3.8) is 0 Å². The van der Waals surface area contributed by atoms with Crippen LogP contribution in [0.15, 0.2) is 36.5 Å². The number of hydrogen-bond donors (Lipinski definition) is 1. The number of imidazole rings is 2. The SMILES string of the molecule is Cc1nc(C(=O)N2CCC2)c(OC(=O)NCCc2nc(-c3ccccc3)cn2C)n1C. The van der Waals surface area contributed by atoms with Gasteiger partial charge in [0, 0.05) is 51.9 Å². The highest BCUT2D eigenvalue weighted by molar-refractivity contribution is 5.95. The van der Waals surface area contributed by atoms with Gasteiger partial charge in [-0.05, 0) is 13.3 Å². The number of aryl methyl sites for hydroxylation is 2. The normalized spacial score (nSPS) is 13.1. The van der Waals surface area contributed by atoms with E-state index in [1.165, 1.54) is 0 Å². The van der Waals surface area contributed by atoms with Crippen LogP contribution in [-0.2, 0) is 20.5 Å². The number of aromatic nitrogens is 4. The second kappa shape index (κ2) is 8.63. The van der Waals surface area contributed by atoms with Gasteiger partial charge in [0.1, 0.15) is 11.6 Å². The van der Waals surface area contributed by atoms with E-state index >= 15 is 0 Å². The summed E-state index contributed by atoms with van der Waals surface area (Å²) in [5.41, 5.74) is 2.11. The monoisotopic (exact) mass is 422 g/mol. The van der Waals surface area contributed by atoms with Crippen LogP contribution in [-0.4, -0.2) is 55.6 Å². The molecule has 0 unspecified atom stereocenters. The van der Waals surface area contributed by atoms with Crippen LogP contribution in [0.25, 0.3) is 11.3 Å². The molecule has 0 bridgehead atoms. The van der Waals surface area contributed by atoms with Gasteiger partial charge in [-0.1, -0.05) is 30.3 Å². The topological polar surface area (TPSA) is 94.3 Å². The summed E-state index contributed by atoms with van der Waals surface area (Å²) in [6.45, 7) is 3.52. The minimum absolute atomic E-state index is 0.162. The summed E-state index contributed by atoms with van der Waals surface area (Å²) in [6.07, 6.45) is 2.86. The predicted molar refractivity (Wildman–Crippen MR) is 115 cm³/mol. The van der Waals surface area contributed by atoms with E-state index in [9.17, 15) is 9.59 Å². The fourth-order valence-corrected chi connectivity index (χ4v) is 3.40. The van der Waals surface area contributed by atoms with Gasteiger partial charge in [-0.15, -0.1) is 0 Å². The van der Waals surface area contributed by atoms with Crippen molar-refractivity contribution in [1.82, 2.24) is 29.3 Å². The summed E-state index contributed by atoms with van der Waals surface area (Å²) in [4.78, 5) is 35.6. The van der Waals surface area contributed by atoms with Crippen LogP contribution in [0.2, 0.25) is 0 Å². The molecule has 3 aromatic rings. The Hall–Kier alpha value is -3.62. The van der Waals surface area contributed by atoms with Crippen LogP contribution in [0.4, 0.5) is 4.79 Å². The van der Waals surface area contributed by atoms with Gasteiger partial charge in [-0.25, -0.2) is 14.8 Å². The molecule has 0 saturated carbocycles. The van der Waals surface area contributed by atoms with Gasteiger partial charge in [-0.3, -0.25) is 4.79 Å². The Morgan fingerprint density at radius 2 is 1.87 bits per heavy atom. The van der Waals surface area contributed by atoms with E-state index in [2.05, 4.69) is 15.3 Å². The van der Waals surface area contributed by atoms with E-state index in [0.717, 1.165) is 23.5 Å².